The van der Waals surface area contributed by atoms with Gasteiger partial charge in [-0.25, -0.2) is 0 Å². The molecule has 0 atom stereocenters. The number of amides is 2. The topological polar surface area (TPSA) is 88.7 Å². The van der Waals surface area contributed by atoms with Gasteiger partial charge >= 0.3 is 0 Å². The van der Waals surface area contributed by atoms with E-state index < -0.39 is 0 Å². The molecule has 0 aliphatic carbocycles. The van der Waals surface area contributed by atoms with Crippen molar-refractivity contribution in [3.8, 4) is 11.5 Å². The Kier molecular flexibility index (Phi) is 7.80. The standard InChI is InChI=1S/C23H23N3O4S2/c1-14(2)30-17-7-4-6-15(12-17)21(27)26-23(31)24-16-9-10-18(19(13-16)29-3)25-22(28)20-8-5-11-32-20/h4-14H,1-3H3,(H,25,28)(H2,24,26,27,31). The third-order valence-electron chi connectivity index (χ3n) is 4.15. The molecule has 1 heterocycles. The van der Waals surface area contributed by atoms with Gasteiger partial charge in [-0.05, 0) is 67.8 Å². The van der Waals surface area contributed by atoms with Gasteiger partial charge in [0.1, 0.15) is 11.5 Å². The molecule has 0 unspecified atom stereocenters. The fourth-order valence-corrected chi connectivity index (χ4v) is 3.61. The third kappa shape index (κ3) is 6.29. The molecule has 0 aliphatic rings. The van der Waals surface area contributed by atoms with Crippen LogP contribution in [0.4, 0.5) is 11.4 Å². The van der Waals surface area contributed by atoms with E-state index in [9.17, 15) is 9.59 Å². The maximum absolute atomic E-state index is 12.5. The number of thiocarbonyl (C=S) groups is 1. The summed E-state index contributed by atoms with van der Waals surface area (Å²) in [6, 6.07) is 15.5. The molecule has 3 rings (SSSR count). The van der Waals surface area contributed by atoms with Crippen molar-refractivity contribution in [2.45, 2.75) is 20.0 Å². The lowest BCUT2D eigenvalue weighted by molar-refractivity contribution is 0.0975. The third-order valence-corrected chi connectivity index (χ3v) is 5.22. The molecule has 0 spiro atoms. The normalized spacial score (nSPS) is 10.4. The first-order chi connectivity index (χ1) is 15.4. The van der Waals surface area contributed by atoms with Crippen molar-refractivity contribution in [1.82, 2.24) is 5.32 Å². The largest absolute Gasteiger partial charge is 0.494 e. The van der Waals surface area contributed by atoms with Gasteiger partial charge in [0.05, 0.1) is 23.8 Å². The van der Waals surface area contributed by atoms with Gasteiger partial charge in [0.15, 0.2) is 5.11 Å². The molecule has 0 aliphatic heterocycles. The number of nitrogens with one attached hydrogen (secondary N) is 3. The van der Waals surface area contributed by atoms with Crippen molar-refractivity contribution in [1.29, 1.82) is 0 Å². The van der Waals surface area contributed by atoms with Gasteiger partial charge in [0.25, 0.3) is 11.8 Å². The van der Waals surface area contributed by atoms with E-state index in [-0.39, 0.29) is 23.0 Å². The lowest BCUT2D eigenvalue weighted by Gasteiger charge is -2.14. The molecule has 0 radical (unpaired) electrons. The average Bonchev–Trinajstić information content (AvgIpc) is 3.29. The summed E-state index contributed by atoms with van der Waals surface area (Å²) in [6.07, 6.45) is 0.00380. The Bertz CT molecular complexity index is 1110. The Balaban J connectivity index is 1.63. The van der Waals surface area contributed by atoms with E-state index in [0.29, 0.717) is 33.3 Å². The Morgan fingerprint density at radius 1 is 1.00 bits per heavy atom. The van der Waals surface area contributed by atoms with E-state index in [4.69, 9.17) is 21.7 Å². The van der Waals surface area contributed by atoms with E-state index in [1.54, 1.807) is 48.5 Å². The highest BCUT2D eigenvalue weighted by Crippen LogP contribution is 2.29. The number of methoxy groups -OCH3 is 1. The second-order valence-corrected chi connectivity index (χ2v) is 8.31. The molecule has 0 saturated carbocycles. The van der Waals surface area contributed by atoms with Crippen LogP contribution in [0.1, 0.15) is 33.9 Å². The van der Waals surface area contributed by atoms with Crippen LogP contribution in [-0.2, 0) is 0 Å². The number of benzene rings is 2. The predicted octanol–water partition coefficient (Wildman–Crippen LogP) is 4.92. The number of ether oxygens (including phenoxy) is 2. The van der Waals surface area contributed by atoms with Crippen LogP contribution in [0.5, 0.6) is 11.5 Å². The summed E-state index contributed by atoms with van der Waals surface area (Å²) >= 11 is 6.62. The van der Waals surface area contributed by atoms with Gasteiger partial charge < -0.3 is 20.1 Å². The SMILES string of the molecule is COc1cc(NC(=S)NC(=O)c2cccc(OC(C)C)c2)ccc1NC(=O)c1cccs1. The van der Waals surface area contributed by atoms with Crippen LogP contribution in [0.2, 0.25) is 0 Å². The summed E-state index contributed by atoms with van der Waals surface area (Å²) in [4.78, 5) is 25.4. The Morgan fingerprint density at radius 2 is 1.81 bits per heavy atom. The van der Waals surface area contributed by atoms with Crippen molar-refractivity contribution in [2.24, 2.45) is 0 Å². The highest BCUT2D eigenvalue weighted by atomic mass is 32.1. The van der Waals surface area contributed by atoms with Gasteiger partial charge in [-0.15, -0.1) is 11.3 Å². The second kappa shape index (κ2) is 10.7. The number of rotatable bonds is 7. The van der Waals surface area contributed by atoms with Crippen molar-refractivity contribution >= 4 is 51.9 Å². The summed E-state index contributed by atoms with van der Waals surface area (Å²) in [5.41, 5.74) is 1.54. The van der Waals surface area contributed by atoms with Crippen LogP contribution in [0, 0.1) is 0 Å². The van der Waals surface area contributed by atoms with Gasteiger partial charge in [-0.1, -0.05) is 12.1 Å². The highest BCUT2D eigenvalue weighted by Gasteiger charge is 2.13. The molecule has 1 aromatic heterocycles. The number of thiophene rings is 1. The molecular weight excluding hydrogens is 446 g/mol. The van der Waals surface area contributed by atoms with Crippen molar-refractivity contribution in [2.75, 3.05) is 17.7 Å². The average molecular weight is 470 g/mol. The lowest BCUT2D eigenvalue weighted by atomic mass is 10.2. The minimum atomic E-state index is -0.358. The lowest BCUT2D eigenvalue weighted by Crippen LogP contribution is -2.34. The number of carbonyl (C=O) groups is 2. The molecular formula is C23H23N3O4S2. The number of anilines is 2. The van der Waals surface area contributed by atoms with Gasteiger partial charge in [-0.3, -0.25) is 14.9 Å². The van der Waals surface area contributed by atoms with Crippen molar-refractivity contribution in [3.05, 3.63) is 70.4 Å². The molecule has 0 fully saturated rings. The fraction of sp³-hybridized carbons (Fsp3) is 0.174. The molecule has 2 aromatic carbocycles. The zero-order valence-corrected chi connectivity index (χ0v) is 19.4. The van der Waals surface area contributed by atoms with E-state index in [0.717, 1.165) is 0 Å². The summed E-state index contributed by atoms with van der Waals surface area (Å²) in [5.74, 6) is 0.484. The first-order valence-electron chi connectivity index (χ1n) is 9.77. The molecule has 32 heavy (non-hydrogen) atoms. The second-order valence-electron chi connectivity index (χ2n) is 6.95. The van der Waals surface area contributed by atoms with E-state index >= 15 is 0 Å². The maximum Gasteiger partial charge on any atom is 0.265 e. The zero-order valence-electron chi connectivity index (χ0n) is 17.8. The zero-order chi connectivity index (χ0) is 23.1. The molecule has 0 bridgehead atoms. The summed E-state index contributed by atoms with van der Waals surface area (Å²) in [6.45, 7) is 3.83. The minimum Gasteiger partial charge on any atom is -0.494 e. The molecule has 9 heteroatoms. The van der Waals surface area contributed by atoms with E-state index in [1.807, 2.05) is 25.3 Å². The monoisotopic (exact) mass is 469 g/mol. The number of carbonyl (C=O) groups excluding carboxylic acids is 2. The number of hydrogen-bond acceptors (Lipinski definition) is 6. The Morgan fingerprint density at radius 3 is 2.50 bits per heavy atom. The quantitative estimate of drug-likeness (QED) is 0.426. The summed E-state index contributed by atoms with van der Waals surface area (Å²) < 4.78 is 11.0. The van der Waals surface area contributed by atoms with Crippen LogP contribution in [0.3, 0.4) is 0 Å². The Hall–Kier alpha value is -3.43. The van der Waals surface area contributed by atoms with Crippen LogP contribution < -0.4 is 25.4 Å². The maximum atomic E-state index is 12.5. The molecule has 0 saturated heterocycles. The molecule has 7 nitrogen and oxygen atoms in total. The number of hydrogen-bond donors (Lipinski definition) is 3. The van der Waals surface area contributed by atoms with Crippen LogP contribution >= 0.6 is 23.6 Å². The highest BCUT2D eigenvalue weighted by molar-refractivity contribution is 7.80. The van der Waals surface area contributed by atoms with E-state index in [2.05, 4.69) is 16.0 Å². The van der Waals surface area contributed by atoms with E-state index in [1.165, 1.54) is 18.4 Å². The molecule has 166 valence electrons. The van der Waals surface area contributed by atoms with Crippen LogP contribution in [0.15, 0.2) is 60.0 Å². The smallest absolute Gasteiger partial charge is 0.265 e. The van der Waals surface area contributed by atoms with Crippen LogP contribution in [0.25, 0.3) is 0 Å². The van der Waals surface area contributed by atoms with Gasteiger partial charge in [0, 0.05) is 17.3 Å². The molecule has 3 aromatic rings. The van der Waals surface area contributed by atoms with Gasteiger partial charge in [-0.2, -0.15) is 0 Å². The van der Waals surface area contributed by atoms with Gasteiger partial charge in [0.2, 0.25) is 0 Å². The summed E-state index contributed by atoms with van der Waals surface area (Å²) in [7, 11) is 1.51. The van der Waals surface area contributed by atoms with Crippen LogP contribution in [-0.4, -0.2) is 30.1 Å². The fourth-order valence-electron chi connectivity index (χ4n) is 2.78. The summed E-state index contributed by atoms with van der Waals surface area (Å²) in [5, 5.41) is 10.4. The minimum absolute atomic E-state index is 0.00380. The van der Waals surface area contributed by atoms with Crippen molar-refractivity contribution < 1.29 is 19.1 Å². The Labute approximate surface area is 195 Å². The first-order valence-corrected chi connectivity index (χ1v) is 11.1. The molecule has 3 N–H and O–H groups in total. The predicted molar refractivity (Wildman–Crippen MR) is 131 cm³/mol. The molecule has 2 amide bonds. The van der Waals surface area contributed by atoms with Crippen molar-refractivity contribution in [3.63, 3.8) is 0 Å². The first kappa shape index (κ1) is 23.2.